The number of hydrogen-bond acceptors (Lipinski definition) is 5. The Kier molecular flexibility index (Phi) is 5.43. The van der Waals surface area contributed by atoms with E-state index < -0.39 is 18.0 Å². The van der Waals surface area contributed by atoms with Gasteiger partial charge in [-0.25, -0.2) is 9.78 Å². The average Bonchev–Trinajstić information content (AvgIpc) is 2.55. The first-order valence-electron chi connectivity index (χ1n) is 6.63. The maximum atomic E-state index is 12.1. The molecule has 0 saturated carbocycles. The Morgan fingerprint density at radius 1 is 1.27 bits per heavy atom. The van der Waals surface area contributed by atoms with Crippen molar-refractivity contribution in [3.63, 3.8) is 0 Å². The Morgan fingerprint density at radius 3 is 2.59 bits per heavy atom. The summed E-state index contributed by atoms with van der Waals surface area (Å²) in [6.45, 7) is 1.75. The van der Waals surface area contributed by atoms with Crippen LogP contribution in [0.1, 0.15) is 23.7 Å². The van der Waals surface area contributed by atoms with Crippen molar-refractivity contribution in [2.24, 2.45) is 0 Å². The van der Waals surface area contributed by atoms with Gasteiger partial charge in [0.1, 0.15) is 5.82 Å². The number of rotatable bonds is 5. The molecule has 2 rings (SSSR count). The van der Waals surface area contributed by atoms with Crippen LogP contribution in [0.3, 0.4) is 0 Å². The molecule has 0 spiro atoms. The zero-order chi connectivity index (χ0) is 15.9. The summed E-state index contributed by atoms with van der Waals surface area (Å²) in [5, 5.41) is 3.05. The number of nitrogens with zero attached hydrogens (tertiary/aromatic N) is 2. The van der Waals surface area contributed by atoms with E-state index >= 15 is 0 Å². The van der Waals surface area contributed by atoms with E-state index in [-0.39, 0.29) is 0 Å². The summed E-state index contributed by atoms with van der Waals surface area (Å²) < 4.78 is 5.21. The second-order valence-corrected chi connectivity index (χ2v) is 4.83. The molecule has 1 N–H and O–H groups in total. The first-order chi connectivity index (χ1) is 10.6. The predicted molar refractivity (Wildman–Crippen MR) is 81.6 cm³/mol. The van der Waals surface area contributed by atoms with Gasteiger partial charge in [-0.1, -0.05) is 18.5 Å². The molecular formula is C15H14ClN3O3. The number of halogens is 1. The van der Waals surface area contributed by atoms with Crippen LogP contribution in [0, 0.1) is 0 Å². The highest BCUT2D eigenvalue weighted by Crippen LogP contribution is 2.12. The molecule has 0 aromatic carbocycles. The van der Waals surface area contributed by atoms with Crippen molar-refractivity contribution in [2.75, 3.05) is 5.32 Å². The van der Waals surface area contributed by atoms with Gasteiger partial charge in [-0.15, -0.1) is 0 Å². The van der Waals surface area contributed by atoms with E-state index in [4.69, 9.17) is 16.3 Å². The van der Waals surface area contributed by atoms with Gasteiger partial charge in [-0.05, 0) is 30.7 Å². The van der Waals surface area contributed by atoms with E-state index in [1.807, 2.05) is 0 Å². The minimum Gasteiger partial charge on any atom is -0.449 e. The van der Waals surface area contributed by atoms with Crippen molar-refractivity contribution in [1.29, 1.82) is 0 Å². The molecule has 1 unspecified atom stereocenters. The maximum absolute atomic E-state index is 12.1. The number of amides is 1. The van der Waals surface area contributed by atoms with E-state index in [2.05, 4.69) is 15.3 Å². The number of aromatic nitrogens is 2. The fraction of sp³-hybridized carbons (Fsp3) is 0.200. The van der Waals surface area contributed by atoms with Crippen molar-refractivity contribution >= 4 is 29.3 Å². The largest absolute Gasteiger partial charge is 0.449 e. The van der Waals surface area contributed by atoms with Crippen LogP contribution in [-0.2, 0) is 9.53 Å². The molecule has 0 aliphatic rings. The number of nitrogens with one attached hydrogen (secondary N) is 1. The van der Waals surface area contributed by atoms with E-state index in [1.54, 1.807) is 19.1 Å². The second-order valence-electron chi connectivity index (χ2n) is 4.39. The van der Waals surface area contributed by atoms with E-state index in [1.165, 1.54) is 30.7 Å². The SMILES string of the molecule is CCC(OC(=O)c1ccncc1)C(=O)Nc1ccc(Cl)cn1. The van der Waals surface area contributed by atoms with Gasteiger partial charge in [0.25, 0.3) is 5.91 Å². The number of hydrogen-bond donors (Lipinski definition) is 1. The molecule has 2 aromatic rings. The third-order valence-electron chi connectivity index (χ3n) is 2.81. The van der Waals surface area contributed by atoms with Crippen LogP contribution < -0.4 is 5.32 Å². The lowest BCUT2D eigenvalue weighted by atomic mass is 10.2. The number of pyridine rings is 2. The Labute approximate surface area is 132 Å². The van der Waals surface area contributed by atoms with Crippen LogP contribution in [-0.4, -0.2) is 27.9 Å². The van der Waals surface area contributed by atoms with Gasteiger partial charge in [0, 0.05) is 18.6 Å². The molecule has 22 heavy (non-hydrogen) atoms. The summed E-state index contributed by atoms with van der Waals surface area (Å²) in [5.74, 6) is -0.680. The summed E-state index contributed by atoms with van der Waals surface area (Å²) in [6, 6.07) is 6.22. The first kappa shape index (κ1) is 15.9. The van der Waals surface area contributed by atoms with Crippen LogP contribution in [0.5, 0.6) is 0 Å². The quantitative estimate of drug-likeness (QED) is 0.857. The van der Waals surface area contributed by atoms with Gasteiger partial charge in [0.2, 0.25) is 0 Å². The average molecular weight is 320 g/mol. The van der Waals surface area contributed by atoms with Gasteiger partial charge >= 0.3 is 5.97 Å². The third kappa shape index (κ3) is 4.26. The lowest BCUT2D eigenvalue weighted by Crippen LogP contribution is -2.32. The molecule has 0 saturated heterocycles. The normalized spacial score (nSPS) is 11.5. The maximum Gasteiger partial charge on any atom is 0.339 e. The van der Waals surface area contributed by atoms with Crippen LogP contribution >= 0.6 is 11.6 Å². The van der Waals surface area contributed by atoms with E-state index in [0.29, 0.717) is 22.8 Å². The molecule has 2 aromatic heterocycles. The van der Waals surface area contributed by atoms with Gasteiger partial charge in [0.15, 0.2) is 6.10 Å². The molecule has 1 atom stereocenters. The number of carbonyl (C=O) groups is 2. The topological polar surface area (TPSA) is 81.2 Å². The molecule has 0 aliphatic heterocycles. The lowest BCUT2D eigenvalue weighted by molar-refractivity contribution is -0.124. The summed E-state index contributed by atoms with van der Waals surface area (Å²) in [5.41, 5.74) is 0.339. The summed E-state index contributed by atoms with van der Waals surface area (Å²) in [4.78, 5) is 31.9. The highest BCUT2D eigenvalue weighted by molar-refractivity contribution is 6.30. The number of ether oxygens (including phenoxy) is 1. The molecular weight excluding hydrogens is 306 g/mol. The monoisotopic (exact) mass is 319 g/mol. The summed E-state index contributed by atoms with van der Waals surface area (Å²) in [7, 11) is 0. The Balaban J connectivity index is 2.00. The zero-order valence-electron chi connectivity index (χ0n) is 11.8. The highest BCUT2D eigenvalue weighted by atomic mass is 35.5. The Hall–Kier alpha value is -2.47. The molecule has 0 radical (unpaired) electrons. The van der Waals surface area contributed by atoms with Gasteiger partial charge in [-0.3, -0.25) is 9.78 Å². The lowest BCUT2D eigenvalue weighted by Gasteiger charge is -2.15. The van der Waals surface area contributed by atoms with Crippen LogP contribution in [0.25, 0.3) is 0 Å². The van der Waals surface area contributed by atoms with Crippen molar-refractivity contribution in [3.05, 3.63) is 53.4 Å². The molecule has 0 aliphatic carbocycles. The van der Waals surface area contributed by atoms with Crippen molar-refractivity contribution in [2.45, 2.75) is 19.4 Å². The molecule has 6 nitrogen and oxygen atoms in total. The molecule has 2 heterocycles. The molecule has 0 bridgehead atoms. The smallest absolute Gasteiger partial charge is 0.339 e. The zero-order valence-corrected chi connectivity index (χ0v) is 12.6. The van der Waals surface area contributed by atoms with Crippen molar-refractivity contribution in [3.8, 4) is 0 Å². The van der Waals surface area contributed by atoms with Crippen LogP contribution in [0.2, 0.25) is 5.02 Å². The Morgan fingerprint density at radius 2 is 2.00 bits per heavy atom. The standard InChI is InChI=1S/C15H14ClN3O3/c1-2-12(22-15(21)10-5-7-17-8-6-10)14(20)19-13-4-3-11(16)9-18-13/h3-9,12H,2H2,1H3,(H,18,19,20). The van der Waals surface area contributed by atoms with E-state index in [0.717, 1.165) is 0 Å². The molecule has 7 heteroatoms. The number of carbonyl (C=O) groups excluding carboxylic acids is 2. The fourth-order valence-corrected chi connectivity index (χ4v) is 1.78. The number of anilines is 1. The van der Waals surface area contributed by atoms with Gasteiger partial charge < -0.3 is 10.1 Å². The first-order valence-corrected chi connectivity index (χ1v) is 7.01. The summed E-state index contributed by atoms with van der Waals surface area (Å²) in [6.07, 6.45) is 3.82. The third-order valence-corrected chi connectivity index (χ3v) is 3.03. The molecule has 114 valence electrons. The van der Waals surface area contributed by atoms with Crippen molar-refractivity contribution < 1.29 is 14.3 Å². The second kappa shape index (κ2) is 7.51. The van der Waals surface area contributed by atoms with E-state index in [9.17, 15) is 9.59 Å². The fourth-order valence-electron chi connectivity index (χ4n) is 1.66. The summed E-state index contributed by atoms with van der Waals surface area (Å²) >= 11 is 5.73. The number of esters is 1. The molecule has 0 fully saturated rings. The van der Waals surface area contributed by atoms with Crippen molar-refractivity contribution in [1.82, 2.24) is 9.97 Å². The van der Waals surface area contributed by atoms with Crippen LogP contribution in [0.4, 0.5) is 5.82 Å². The van der Waals surface area contributed by atoms with Gasteiger partial charge in [0.05, 0.1) is 10.6 Å². The minimum absolute atomic E-state index is 0.339. The van der Waals surface area contributed by atoms with Gasteiger partial charge in [-0.2, -0.15) is 0 Å². The highest BCUT2D eigenvalue weighted by Gasteiger charge is 2.22. The predicted octanol–water partition coefficient (Wildman–Crippen LogP) is 2.70. The van der Waals surface area contributed by atoms with Crippen LogP contribution in [0.15, 0.2) is 42.9 Å². The minimum atomic E-state index is -0.904. The molecule has 1 amide bonds. The Bertz CT molecular complexity index is 647.